The molecule has 0 aliphatic heterocycles. The lowest BCUT2D eigenvalue weighted by Crippen LogP contribution is -1.95. The molecule has 48 valence electrons. The summed E-state index contributed by atoms with van der Waals surface area (Å²) in [4.78, 5) is 0. The highest BCUT2D eigenvalue weighted by atomic mass is 16.3. The van der Waals surface area contributed by atoms with Gasteiger partial charge in [-0.05, 0) is 19.1 Å². The third kappa shape index (κ3) is 1.10. The second-order valence-corrected chi connectivity index (χ2v) is 1.69. The van der Waals surface area contributed by atoms with E-state index in [0.717, 1.165) is 5.76 Å². The lowest BCUT2D eigenvalue weighted by atomic mass is 10.3. The van der Waals surface area contributed by atoms with E-state index in [1.165, 1.54) is 0 Å². The average molecular weight is 124 g/mol. The monoisotopic (exact) mass is 124 g/mol. The first-order chi connectivity index (χ1) is 4.34. The second-order valence-electron chi connectivity index (χ2n) is 1.69. The Morgan fingerprint density at radius 1 is 1.78 bits per heavy atom. The predicted octanol–water partition coefficient (Wildman–Crippen LogP) is 0.962. The molecule has 0 spiro atoms. The van der Waals surface area contributed by atoms with E-state index in [-0.39, 0.29) is 0 Å². The van der Waals surface area contributed by atoms with Crippen molar-refractivity contribution in [1.29, 1.82) is 0 Å². The molecule has 3 nitrogen and oxygen atoms in total. The molecule has 0 amide bonds. The summed E-state index contributed by atoms with van der Waals surface area (Å²) in [6.07, 6.45) is 1.59. The topological polar surface area (TPSA) is 51.5 Å². The molecule has 0 radical (unpaired) electrons. The number of nitrogens with zero attached hydrogens (tertiary/aromatic N) is 1. The van der Waals surface area contributed by atoms with Gasteiger partial charge >= 0.3 is 0 Å². The van der Waals surface area contributed by atoms with Gasteiger partial charge in [-0.25, -0.2) is 0 Å². The number of hydrogen-bond donors (Lipinski definition) is 1. The molecule has 1 heterocycles. The molecule has 0 aliphatic rings. The molecular formula is C6H8N2O. The van der Waals surface area contributed by atoms with Gasteiger partial charge in [0.05, 0.1) is 12.0 Å². The number of rotatable bonds is 1. The third-order valence-corrected chi connectivity index (χ3v) is 1.07. The molecule has 1 aromatic heterocycles. The summed E-state index contributed by atoms with van der Waals surface area (Å²) in [5, 5.41) is 3.45. The number of hydrogen-bond acceptors (Lipinski definition) is 3. The molecule has 0 saturated heterocycles. The zero-order valence-corrected chi connectivity index (χ0v) is 5.16. The Hall–Kier alpha value is -1.25. The van der Waals surface area contributed by atoms with Gasteiger partial charge in [0.25, 0.3) is 0 Å². The maximum absolute atomic E-state index is 4.99. The van der Waals surface area contributed by atoms with Crippen LogP contribution in [0.1, 0.15) is 12.7 Å². The standard InChI is InChI=1S/C6H8N2O/c1-5(8-7)6-3-2-4-9-6/h2-4H,7H2,1H3/b8-5+. The minimum Gasteiger partial charge on any atom is -0.463 e. The number of nitrogens with two attached hydrogens (primary N) is 1. The Balaban J connectivity index is 2.90. The molecule has 3 heteroatoms. The van der Waals surface area contributed by atoms with Gasteiger partial charge in [-0.1, -0.05) is 0 Å². The molecule has 0 unspecified atom stereocenters. The fourth-order valence-corrected chi connectivity index (χ4v) is 0.548. The highest BCUT2D eigenvalue weighted by molar-refractivity contribution is 5.95. The van der Waals surface area contributed by atoms with Crippen LogP contribution < -0.4 is 5.84 Å². The van der Waals surface area contributed by atoms with Crippen molar-refractivity contribution in [3.63, 3.8) is 0 Å². The van der Waals surface area contributed by atoms with Gasteiger partial charge in [0.2, 0.25) is 0 Å². The Morgan fingerprint density at radius 3 is 3.00 bits per heavy atom. The van der Waals surface area contributed by atoms with E-state index in [4.69, 9.17) is 10.3 Å². The zero-order chi connectivity index (χ0) is 6.69. The van der Waals surface area contributed by atoms with Crippen molar-refractivity contribution in [2.24, 2.45) is 10.9 Å². The van der Waals surface area contributed by atoms with Crippen molar-refractivity contribution in [2.45, 2.75) is 6.92 Å². The van der Waals surface area contributed by atoms with Crippen LogP contribution in [0.2, 0.25) is 0 Å². The third-order valence-electron chi connectivity index (χ3n) is 1.07. The summed E-state index contributed by atoms with van der Waals surface area (Å²) < 4.78 is 4.98. The van der Waals surface area contributed by atoms with Crippen LogP contribution >= 0.6 is 0 Å². The van der Waals surface area contributed by atoms with Crippen LogP contribution in [0.4, 0.5) is 0 Å². The molecule has 0 saturated carbocycles. The highest BCUT2D eigenvalue weighted by Gasteiger charge is 1.96. The van der Waals surface area contributed by atoms with Gasteiger partial charge in [0.1, 0.15) is 5.76 Å². The molecule has 1 rings (SSSR count). The van der Waals surface area contributed by atoms with Gasteiger partial charge in [-0.15, -0.1) is 0 Å². The minimum atomic E-state index is 0.708. The fourth-order valence-electron chi connectivity index (χ4n) is 0.548. The first-order valence-corrected chi connectivity index (χ1v) is 2.63. The molecule has 0 atom stereocenters. The highest BCUT2D eigenvalue weighted by Crippen LogP contribution is 1.99. The molecule has 1 aromatic rings. The largest absolute Gasteiger partial charge is 0.463 e. The molecule has 9 heavy (non-hydrogen) atoms. The zero-order valence-electron chi connectivity index (χ0n) is 5.16. The van der Waals surface area contributed by atoms with Crippen LogP contribution in [-0.4, -0.2) is 5.71 Å². The van der Waals surface area contributed by atoms with Crippen LogP contribution in [0, 0.1) is 0 Å². The van der Waals surface area contributed by atoms with Gasteiger partial charge in [-0.3, -0.25) is 0 Å². The van der Waals surface area contributed by atoms with Crippen molar-refractivity contribution in [3.8, 4) is 0 Å². The molecule has 0 fully saturated rings. The quantitative estimate of drug-likeness (QED) is 0.344. The predicted molar refractivity (Wildman–Crippen MR) is 35.1 cm³/mol. The summed E-state index contributed by atoms with van der Waals surface area (Å²) in [5.41, 5.74) is 0.708. The molecule has 2 N–H and O–H groups in total. The van der Waals surface area contributed by atoms with E-state index >= 15 is 0 Å². The normalized spacial score (nSPS) is 11.9. The van der Waals surface area contributed by atoms with E-state index in [1.807, 2.05) is 6.07 Å². The van der Waals surface area contributed by atoms with E-state index < -0.39 is 0 Å². The Bertz CT molecular complexity index is 201. The summed E-state index contributed by atoms with van der Waals surface area (Å²) in [6.45, 7) is 1.79. The van der Waals surface area contributed by atoms with Crippen LogP contribution in [0.15, 0.2) is 27.9 Å². The molecule has 0 aromatic carbocycles. The van der Waals surface area contributed by atoms with Gasteiger partial charge in [0, 0.05) is 0 Å². The average Bonchev–Trinajstić information content (AvgIpc) is 2.37. The smallest absolute Gasteiger partial charge is 0.149 e. The molecule has 0 bridgehead atoms. The minimum absolute atomic E-state index is 0.708. The van der Waals surface area contributed by atoms with Crippen molar-refractivity contribution in [1.82, 2.24) is 0 Å². The van der Waals surface area contributed by atoms with Crippen LogP contribution in [0.25, 0.3) is 0 Å². The van der Waals surface area contributed by atoms with Gasteiger partial charge in [0.15, 0.2) is 0 Å². The van der Waals surface area contributed by atoms with Crippen molar-refractivity contribution in [3.05, 3.63) is 24.2 Å². The van der Waals surface area contributed by atoms with Gasteiger partial charge in [-0.2, -0.15) is 5.10 Å². The van der Waals surface area contributed by atoms with E-state index in [2.05, 4.69) is 5.10 Å². The summed E-state index contributed by atoms with van der Waals surface area (Å²) in [7, 11) is 0. The van der Waals surface area contributed by atoms with Crippen molar-refractivity contribution in [2.75, 3.05) is 0 Å². The first-order valence-electron chi connectivity index (χ1n) is 2.63. The lowest BCUT2D eigenvalue weighted by molar-refractivity contribution is 0.557. The van der Waals surface area contributed by atoms with Gasteiger partial charge < -0.3 is 10.3 Å². The summed E-state index contributed by atoms with van der Waals surface area (Å²) in [6, 6.07) is 3.61. The first kappa shape index (κ1) is 5.88. The maximum Gasteiger partial charge on any atom is 0.149 e. The van der Waals surface area contributed by atoms with Crippen LogP contribution in [0.5, 0.6) is 0 Å². The van der Waals surface area contributed by atoms with Crippen molar-refractivity contribution >= 4 is 5.71 Å². The number of hydrazone groups is 1. The Kier molecular flexibility index (Phi) is 1.53. The SMILES string of the molecule is C/C(=N\N)c1ccco1. The Labute approximate surface area is 53.2 Å². The number of furan rings is 1. The Morgan fingerprint density at radius 2 is 2.56 bits per heavy atom. The second kappa shape index (κ2) is 2.35. The van der Waals surface area contributed by atoms with Crippen LogP contribution in [0.3, 0.4) is 0 Å². The van der Waals surface area contributed by atoms with E-state index in [1.54, 1.807) is 19.3 Å². The maximum atomic E-state index is 4.99. The summed E-state index contributed by atoms with van der Waals surface area (Å²) >= 11 is 0. The van der Waals surface area contributed by atoms with Crippen LogP contribution in [-0.2, 0) is 0 Å². The van der Waals surface area contributed by atoms with E-state index in [0.29, 0.717) is 5.71 Å². The lowest BCUT2D eigenvalue weighted by Gasteiger charge is -1.88. The van der Waals surface area contributed by atoms with Crippen molar-refractivity contribution < 1.29 is 4.42 Å². The fraction of sp³-hybridized carbons (Fsp3) is 0.167. The molecular weight excluding hydrogens is 116 g/mol. The summed E-state index contributed by atoms with van der Waals surface area (Å²) in [5.74, 6) is 5.71. The molecule has 0 aliphatic carbocycles. The van der Waals surface area contributed by atoms with E-state index in [9.17, 15) is 0 Å².